The van der Waals surface area contributed by atoms with Gasteiger partial charge in [-0.25, -0.2) is 0 Å². The highest BCUT2D eigenvalue weighted by molar-refractivity contribution is 6.28. The Hall–Kier alpha value is -2.08. The molecule has 0 amide bonds. The predicted octanol–water partition coefficient (Wildman–Crippen LogP) is 2.71. The van der Waals surface area contributed by atoms with E-state index < -0.39 is 0 Å². The minimum Gasteiger partial charge on any atom is -0.508 e. The molecule has 1 heterocycles. The highest BCUT2D eigenvalue weighted by Gasteiger charge is 2.04. The van der Waals surface area contributed by atoms with Gasteiger partial charge < -0.3 is 15.7 Å². The fraction of sp³-hybridized carbons (Fsp3) is 0.357. The van der Waals surface area contributed by atoms with Crippen LogP contribution in [0.1, 0.15) is 18.9 Å². The first-order valence-corrected chi connectivity index (χ1v) is 7.22. The van der Waals surface area contributed by atoms with Gasteiger partial charge in [0.05, 0.1) is 0 Å². The molecule has 1 aromatic heterocycles. The number of aromatic nitrogens is 3. The van der Waals surface area contributed by atoms with E-state index in [0.717, 1.165) is 24.9 Å². The van der Waals surface area contributed by atoms with E-state index in [1.807, 2.05) is 12.1 Å². The van der Waals surface area contributed by atoms with Crippen molar-refractivity contribution in [2.24, 2.45) is 0 Å². The highest BCUT2D eigenvalue weighted by Crippen LogP contribution is 2.12. The molecule has 0 bridgehead atoms. The van der Waals surface area contributed by atoms with Crippen molar-refractivity contribution < 1.29 is 5.11 Å². The molecule has 21 heavy (non-hydrogen) atoms. The summed E-state index contributed by atoms with van der Waals surface area (Å²) in [6, 6.07) is 7.10. The maximum absolute atomic E-state index is 9.23. The SMILES string of the molecule is CCCNc1nc(Cl)nc(NCCc2ccc(O)cc2)n1. The molecule has 0 radical (unpaired) electrons. The van der Waals surface area contributed by atoms with Crippen LogP contribution in [0.5, 0.6) is 5.75 Å². The number of phenols is 1. The van der Waals surface area contributed by atoms with Gasteiger partial charge in [-0.15, -0.1) is 0 Å². The number of nitrogens with one attached hydrogen (secondary N) is 2. The van der Waals surface area contributed by atoms with Crippen molar-refractivity contribution in [3.8, 4) is 5.75 Å². The summed E-state index contributed by atoms with van der Waals surface area (Å²) >= 11 is 5.87. The lowest BCUT2D eigenvalue weighted by molar-refractivity contribution is 0.475. The average Bonchev–Trinajstić information content (AvgIpc) is 2.47. The largest absolute Gasteiger partial charge is 0.508 e. The van der Waals surface area contributed by atoms with Crippen molar-refractivity contribution in [2.75, 3.05) is 23.7 Å². The molecule has 0 saturated carbocycles. The molecule has 1 aromatic carbocycles. The Balaban J connectivity index is 1.90. The number of halogens is 1. The Kier molecular flexibility index (Phi) is 5.57. The van der Waals surface area contributed by atoms with Crippen molar-refractivity contribution in [1.82, 2.24) is 15.0 Å². The smallest absolute Gasteiger partial charge is 0.228 e. The monoisotopic (exact) mass is 307 g/mol. The first-order valence-electron chi connectivity index (χ1n) is 6.84. The Bertz CT molecular complexity index is 576. The Morgan fingerprint density at radius 1 is 1.00 bits per heavy atom. The molecule has 0 saturated heterocycles. The van der Waals surface area contributed by atoms with Crippen LogP contribution in [0.25, 0.3) is 0 Å². The van der Waals surface area contributed by atoms with Gasteiger partial charge in [0.1, 0.15) is 5.75 Å². The van der Waals surface area contributed by atoms with E-state index in [1.54, 1.807) is 12.1 Å². The zero-order chi connectivity index (χ0) is 15.1. The molecule has 0 fully saturated rings. The molecule has 112 valence electrons. The van der Waals surface area contributed by atoms with Crippen molar-refractivity contribution in [1.29, 1.82) is 0 Å². The summed E-state index contributed by atoms with van der Waals surface area (Å²) in [4.78, 5) is 12.3. The fourth-order valence-electron chi connectivity index (χ4n) is 1.73. The first kappa shape index (κ1) is 15.3. The van der Waals surface area contributed by atoms with E-state index in [4.69, 9.17) is 11.6 Å². The second-order valence-electron chi connectivity index (χ2n) is 4.52. The van der Waals surface area contributed by atoms with Crippen LogP contribution in [0.3, 0.4) is 0 Å². The van der Waals surface area contributed by atoms with E-state index in [-0.39, 0.29) is 11.0 Å². The second kappa shape index (κ2) is 7.64. The molecule has 0 atom stereocenters. The second-order valence-corrected chi connectivity index (χ2v) is 4.86. The Morgan fingerprint density at radius 2 is 1.62 bits per heavy atom. The third kappa shape index (κ3) is 5.07. The molecule has 0 aliphatic carbocycles. The van der Waals surface area contributed by atoms with E-state index >= 15 is 0 Å². The Labute approximate surface area is 128 Å². The van der Waals surface area contributed by atoms with Gasteiger partial charge in [0.2, 0.25) is 17.2 Å². The summed E-state index contributed by atoms with van der Waals surface area (Å²) in [7, 11) is 0. The van der Waals surface area contributed by atoms with E-state index in [9.17, 15) is 5.11 Å². The van der Waals surface area contributed by atoms with Crippen LogP contribution in [-0.4, -0.2) is 33.1 Å². The topological polar surface area (TPSA) is 83.0 Å². The van der Waals surface area contributed by atoms with Crippen LogP contribution >= 0.6 is 11.6 Å². The molecule has 6 nitrogen and oxygen atoms in total. The lowest BCUT2D eigenvalue weighted by Gasteiger charge is -2.08. The molecule has 0 spiro atoms. The molecule has 0 unspecified atom stereocenters. The van der Waals surface area contributed by atoms with E-state index in [2.05, 4.69) is 32.5 Å². The number of benzene rings is 1. The quantitative estimate of drug-likeness (QED) is 0.729. The van der Waals surface area contributed by atoms with Crippen molar-refractivity contribution in [3.05, 3.63) is 35.1 Å². The summed E-state index contributed by atoms with van der Waals surface area (Å²) in [5.74, 6) is 1.19. The molecule has 7 heteroatoms. The van der Waals surface area contributed by atoms with Gasteiger partial charge >= 0.3 is 0 Å². The summed E-state index contributed by atoms with van der Waals surface area (Å²) in [5, 5.41) is 15.6. The molecule has 3 N–H and O–H groups in total. The van der Waals surface area contributed by atoms with Gasteiger partial charge in [0.25, 0.3) is 0 Å². The number of hydrogen-bond acceptors (Lipinski definition) is 6. The third-order valence-corrected chi connectivity index (χ3v) is 2.94. The molecular formula is C14H18ClN5O. The van der Waals surface area contributed by atoms with Crippen LogP contribution < -0.4 is 10.6 Å². The maximum Gasteiger partial charge on any atom is 0.228 e. The van der Waals surface area contributed by atoms with Crippen LogP contribution in [0.15, 0.2) is 24.3 Å². The summed E-state index contributed by atoms with van der Waals surface area (Å²) in [6.07, 6.45) is 1.77. The zero-order valence-corrected chi connectivity index (χ0v) is 12.6. The standard InChI is InChI=1S/C14H18ClN5O/c1-2-8-16-13-18-12(15)19-14(20-13)17-9-7-10-3-5-11(21)6-4-10/h3-6,21H,2,7-9H2,1H3,(H2,16,17,18,19,20). The molecule has 2 rings (SSSR count). The summed E-state index contributed by atoms with van der Waals surface area (Å²) < 4.78 is 0. The molecule has 0 aliphatic heterocycles. The minimum absolute atomic E-state index is 0.163. The van der Waals surface area contributed by atoms with E-state index in [1.165, 1.54) is 0 Å². The Morgan fingerprint density at radius 3 is 2.24 bits per heavy atom. The zero-order valence-electron chi connectivity index (χ0n) is 11.8. The maximum atomic E-state index is 9.23. The van der Waals surface area contributed by atoms with Crippen molar-refractivity contribution in [2.45, 2.75) is 19.8 Å². The normalized spacial score (nSPS) is 10.4. The van der Waals surface area contributed by atoms with Crippen molar-refractivity contribution in [3.63, 3.8) is 0 Å². The molecular weight excluding hydrogens is 290 g/mol. The first-order chi connectivity index (χ1) is 10.2. The van der Waals surface area contributed by atoms with Crippen LogP contribution in [0.4, 0.5) is 11.9 Å². The number of aromatic hydroxyl groups is 1. The summed E-state index contributed by atoms with van der Waals surface area (Å²) in [6.45, 7) is 3.51. The highest BCUT2D eigenvalue weighted by atomic mass is 35.5. The van der Waals surface area contributed by atoms with Gasteiger partial charge in [0.15, 0.2) is 0 Å². The number of rotatable bonds is 7. The third-order valence-electron chi connectivity index (χ3n) is 2.77. The van der Waals surface area contributed by atoms with Gasteiger partial charge in [-0.3, -0.25) is 0 Å². The number of phenolic OH excluding ortho intramolecular Hbond substituents is 1. The van der Waals surface area contributed by atoms with Crippen LogP contribution in [0, 0.1) is 0 Å². The molecule has 2 aromatic rings. The van der Waals surface area contributed by atoms with Crippen LogP contribution in [0.2, 0.25) is 5.28 Å². The van der Waals surface area contributed by atoms with Gasteiger partial charge in [-0.05, 0) is 42.1 Å². The number of anilines is 2. The lowest BCUT2D eigenvalue weighted by atomic mass is 10.1. The minimum atomic E-state index is 0.163. The van der Waals surface area contributed by atoms with Crippen molar-refractivity contribution >= 4 is 23.5 Å². The fourth-order valence-corrected chi connectivity index (χ4v) is 1.89. The average molecular weight is 308 g/mol. The van der Waals surface area contributed by atoms with Gasteiger partial charge in [-0.1, -0.05) is 19.1 Å². The molecule has 0 aliphatic rings. The van der Waals surface area contributed by atoms with Gasteiger partial charge in [0, 0.05) is 13.1 Å². The summed E-state index contributed by atoms with van der Waals surface area (Å²) in [5.41, 5.74) is 1.12. The number of hydrogen-bond donors (Lipinski definition) is 3. The van der Waals surface area contributed by atoms with Crippen LogP contribution in [-0.2, 0) is 6.42 Å². The number of nitrogens with zero attached hydrogens (tertiary/aromatic N) is 3. The lowest BCUT2D eigenvalue weighted by Crippen LogP contribution is -2.11. The van der Waals surface area contributed by atoms with Gasteiger partial charge in [-0.2, -0.15) is 15.0 Å². The predicted molar refractivity (Wildman–Crippen MR) is 83.9 cm³/mol. The van der Waals surface area contributed by atoms with E-state index in [0.29, 0.717) is 18.4 Å².